The van der Waals surface area contributed by atoms with Crippen LogP contribution < -0.4 is 15.4 Å². The van der Waals surface area contributed by atoms with Crippen LogP contribution in [0.5, 0.6) is 5.75 Å². The number of ether oxygens (including phenoxy) is 1. The van der Waals surface area contributed by atoms with E-state index in [1.807, 2.05) is 55.5 Å². The lowest BCUT2D eigenvalue weighted by molar-refractivity contribution is 0.415. The van der Waals surface area contributed by atoms with E-state index in [4.69, 9.17) is 4.74 Å². The van der Waals surface area contributed by atoms with E-state index in [9.17, 15) is 0 Å². The molecule has 2 N–H and O–H groups in total. The van der Waals surface area contributed by atoms with E-state index >= 15 is 0 Å². The van der Waals surface area contributed by atoms with E-state index in [1.165, 1.54) is 0 Å². The van der Waals surface area contributed by atoms with Gasteiger partial charge in [0.15, 0.2) is 0 Å². The molecule has 0 aliphatic carbocycles. The largest absolute Gasteiger partial charge is 0.497 e. The van der Waals surface area contributed by atoms with Crippen LogP contribution in [-0.2, 0) is 6.54 Å². The summed E-state index contributed by atoms with van der Waals surface area (Å²) in [5.41, 5.74) is 2.70. The number of methoxy groups -OCH3 is 1. The zero-order valence-electron chi connectivity index (χ0n) is 13.7. The van der Waals surface area contributed by atoms with Crippen LogP contribution in [0.1, 0.15) is 11.4 Å². The fourth-order valence-corrected chi connectivity index (χ4v) is 2.23. The SMILES string of the molecule is COc1cccc(Nc2nc(C)cc(NCc3ccccn3)n2)c1. The van der Waals surface area contributed by atoms with Crippen LogP contribution in [0.2, 0.25) is 0 Å². The van der Waals surface area contributed by atoms with Gasteiger partial charge in [0.1, 0.15) is 11.6 Å². The van der Waals surface area contributed by atoms with E-state index < -0.39 is 0 Å². The number of rotatable bonds is 6. The quantitative estimate of drug-likeness (QED) is 0.723. The highest BCUT2D eigenvalue weighted by molar-refractivity contribution is 5.57. The van der Waals surface area contributed by atoms with Gasteiger partial charge in [-0.15, -0.1) is 0 Å². The minimum atomic E-state index is 0.534. The minimum absolute atomic E-state index is 0.534. The highest BCUT2D eigenvalue weighted by Crippen LogP contribution is 2.20. The summed E-state index contributed by atoms with van der Waals surface area (Å²) in [7, 11) is 1.64. The van der Waals surface area contributed by atoms with Crippen LogP contribution in [0, 0.1) is 6.92 Å². The van der Waals surface area contributed by atoms with Crippen LogP contribution in [0.3, 0.4) is 0 Å². The first-order valence-corrected chi connectivity index (χ1v) is 7.63. The Morgan fingerprint density at radius 2 is 1.96 bits per heavy atom. The number of pyridine rings is 1. The van der Waals surface area contributed by atoms with Gasteiger partial charge in [-0.2, -0.15) is 4.98 Å². The Hall–Kier alpha value is -3.15. The second-order valence-electron chi connectivity index (χ2n) is 5.25. The third-order valence-electron chi connectivity index (χ3n) is 3.36. The van der Waals surface area contributed by atoms with Crippen molar-refractivity contribution in [1.29, 1.82) is 0 Å². The Balaban J connectivity index is 1.73. The molecule has 2 heterocycles. The Bertz CT molecular complexity index is 808. The third kappa shape index (κ3) is 4.19. The molecule has 2 aromatic heterocycles. The summed E-state index contributed by atoms with van der Waals surface area (Å²) in [5, 5.41) is 6.47. The van der Waals surface area contributed by atoms with Gasteiger partial charge in [-0.25, -0.2) is 4.98 Å². The molecule has 6 nitrogen and oxygen atoms in total. The minimum Gasteiger partial charge on any atom is -0.497 e. The molecule has 0 saturated heterocycles. The van der Waals surface area contributed by atoms with Gasteiger partial charge in [-0.05, 0) is 31.2 Å². The maximum absolute atomic E-state index is 5.23. The second-order valence-corrected chi connectivity index (χ2v) is 5.25. The van der Waals surface area contributed by atoms with E-state index in [0.29, 0.717) is 12.5 Å². The zero-order chi connectivity index (χ0) is 16.8. The van der Waals surface area contributed by atoms with Gasteiger partial charge in [0.05, 0.1) is 19.3 Å². The van der Waals surface area contributed by atoms with Gasteiger partial charge in [-0.1, -0.05) is 12.1 Å². The molecule has 0 aliphatic heterocycles. The van der Waals surface area contributed by atoms with E-state index in [0.717, 1.165) is 28.6 Å². The summed E-state index contributed by atoms with van der Waals surface area (Å²) in [6.45, 7) is 2.54. The molecular weight excluding hydrogens is 302 g/mol. The fourth-order valence-electron chi connectivity index (χ4n) is 2.23. The molecule has 3 rings (SSSR count). The van der Waals surface area contributed by atoms with Crippen LogP contribution in [0.25, 0.3) is 0 Å². The van der Waals surface area contributed by atoms with Crippen molar-refractivity contribution in [3.05, 3.63) is 66.1 Å². The molecule has 0 unspecified atom stereocenters. The number of benzene rings is 1. The molecule has 0 aliphatic rings. The molecule has 0 amide bonds. The number of hydrogen-bond acceptors (Lipinski definition) is 6. The summed E-state index contributed by atoms with van der Waals surface area (Å²) in [4.78, 5) is 13.2. The Morgan fingerprint density at radius 3 is 2.75 bits per heavy atom. The van der Waals surface area contributed by atoms with Crippen LogP contribution in [0.4, 0.5) is 17.5 Å². The van der Waals surface area contributed by atoms with Crippen molar-refractivity contribution >= 4 is 17.5 Å². The molecule has 0 bridgehead atoms. The van der Waals surface area contributed by atoms with Crippen molar-refractivity contribution < 1.29 is 4.74 Å². The highest BCUT2D eigenvalue weighted by Gasteiger charge is 2.04. The van der Waals surface area contributed by atoms with Crippen molar-refractivity contribution in [2.24, 2.45) is 0 Å². The van der Waals surface area contributed by atoms with Crippen molar-refractivity contribution in [2.75, 3.05) is 17.7 Å². The normalized spacial score (nSPS) is 10.2. The van der Waals surface area contributed by atoms with Crippen molar-refractivity contribution in [1.82, 2.24) is 15.0 Å². The first-order valence-electron chi connectivity index (χ1n) is 7.63. The molecule has 24 heavy (non-hydrogen) atoms. The molecule has 0 radical (unpaired) electrons. The number of nitrogens with zero attached hydrogens (tertiary/aromatic N) is 3. The molecule has 0 saturated carbocycles. The lowest BCUT2D eigenvalue weighted by Crippen LogP contribution is -2.06. The molecule has 3 aromatic rings. The van der Waals surface area contributed by atoms with Crippen molar-refractivity contribution in [3.63, 3.8) is 0 Å². The Labute approximate surface area is 141 Å². The summed E-state index contributed by atoms with van der Waals surface area (Å²) in [6.07, 6.45) is 1.78. The van der Waals surface area contributed by atoms with E-state index in [1.54, 1.807) is 13.3 Å². The standard InChI is InChI=1S/C18H19N5O/c1-13-10-17(20-12-15-6-3-4-9-19-15)23-18(21-13)22-14-7-5-8-16(11-14)24-2/h3-11H,12H2,1-2H3,(H2,20,21,22,23). The third-order valence-corrected chi connectivity index (χ3v) is 3.36. The van der Waals surface area contributed by atoms with Gasteiger partial charge in [0.25, 0.3) is 0 Å². The summed E-state index contributed by atoms with van der Waals surface area (Å²) >= 11 is 0. The first kappa shape index (κ1) is 15.7. The fraction of sp³-hybridized carbons (Fsp3) is 0.167. The predicted octanol–water partition coefficient (Wildman–Crippen LogP) is 3.54. The average Bonchev–Trinajstić information content (AvgIpc) is 2.60. The van der Waals surface area contributed by atoms with Gasteiger partial charge >= 0.3 is 0 Å². The lowest BCUT2D eigenvalue weighted by atomic mass is 10.3. The topological polar surface area (TPSA) is 72.0 Å². The maximum atomic E-state index is 5.23. The number of hydrogen-bond donors (Lipinski definition) is 2. The summed E-state index contributed by atoms with van der Waals surface area (Å²) < 4.78 is 5.23. The van der Waals surface area contributed by atoms with E-state index in [2.05, 4.69) is 25.6 Å². The Kier molecular flexibility index (Phi) is 4.86. The van der Waals surface area contributed by atoms with Crippen molar-refractivity contribution in [2.45, 2.75) is 13.5 Å². The maximum Gasteiger partial charge on any atom is 0.229 e. The Morgan fingerprint density at radius 1 is 1.04 bits per heavy atom. The van der Waals surface area contributed by atoms with Gasteiger partial charge in [-0.3, -0.25) is 4.98 Å². The smallest absolute Gasteiger partial charge is 0.229 e. The van der Waals surface area contributed by atoms with Crippen LogP contribution in [0.15, 0.2) is 54.7 Å². The summed E-state index contributed by atoms with van der Waals surface area (Å²) in [6, 6.07) is 15.4. The molecule has 0 spiro atoms. The van der Waals surface area contributed by atoms with Gasteiger partial charge < -0.3 is 15.4 Å². The molecular formula is C18H19N5O. The lowest BCUT2D eigenvalue weighted by Gasteiger charge is -2.10. The molecule has 1 aromatic carbocycles. The average molecular weight is 321 g/mol. The first-order chi connectivity index (χ1) is 11.7. The molecule has 0 atom stereocenters. The van der Waals surface area contributed by atoms with E-state index in [-0.39, 0.29) is 0 Å². The highest BCUT2D eigenvalue weighted by atomic mass is 16.5. The van der Waals surface area contributed by atoms with Crippen molar-refractivity contribution in [3.8, 4) is 5.75 Å². The van der Waals surface area contributed by atoms with Crippen LogP contribution >= 0.6 is 0 Å². The molecule has 6 heteroatoms. The number of aromatic nitrogens is 3. The number of anilines is 3. The second kappa shape index (κ2) is 7.41. The molecule has 122 valence electrons. The number of nitrogens with one attached hydrogen (secondary N) is 2. The molecule has 0 fully saturated rings. The monoisotopic (exact) mass is 321 g/mol. The summed E-state index contributed by atoms with van der Waals surface area (Å²) in [5.74, 6) is 2.06. The zero-order valence-corrected chi connectivity index (χ0v) is 13.7. The van der Waals surface area contributed by atoms with Gasteiger partial charge in [0.2, 0.25) is 5.95 Å². The number of aryl methyl sites for hydroxylation is 1. The predicted molar refractivity (Wildman–Crippen MR) is 94.6 cm³/mol. The van der Waals surface area contributed by atoms with Crippen LogP contribution in [-0.4, -0.2) is 22.1 Å². The van der Waals surface area contributed by atoms with Gasteiger partial charge in [0, 0.05) is 29.7 Å².